The summed E-state index contributed by atoms with van der Waals surface area (Å²) in [5, 5.41) is 9.74. The molecule has 5 nitrogen and oxygen atoms in total. The van der Waals surface area contributed by atoms with Gasteiger partial charge in [0, 0.05) is 24.2 Å². The lowest BCUT2D eigenvalue weighted by atomic mass is 10.1. The number of hydrogen-bond donors (Lipinski definition) is 3. The van der Waals surface area contributed by atoms with Gasteiger partial charge in [0.05, 0.1) is 6.54 Å². The lowest BCUT2D eigenvalue weighted by molar-refractivity contribution is 0.0939. The quantitative estimate of drug-likeness (QED) is 0.247. The number of benzene rings is 1. The Labute approximate surface area is 174 Å². The van der Waals surface area contributed by atoms with E-state index in [-0.39, 0.29) is 35.9 Å². The fourth-order valence-electron chi connectivity index (χ4n) is 2.64. The average molecular weight is 470 g/mol. The number of halogens is 1. The molecule has 1 atom stereocenters. The van der Waals surface area contributed by atoms with Gasteiger partial charge in [-0.1, -0.05) is 31.2 Å². The predicted molar refractivity (Wildman–Crippen MR) is 119 cm³/mol. The standard InChI is InChI=1S/C20H30N4O.HI/c1-4-15(3)23-19(25)17-10-8-9-16(13-17)14-22-20(21-5-2)24-18-11-6-7-12-18;/h6-10,13,15,18H,4-5,11-12,14H2,1-3H3,(H,23,25)(H2,21,22,24);1H. The van der Waals surface area contributed by atoms with Gasteiger partial charge in [-0.25, -0.2) is 4.99 Å². The van der Waals surface area contributed by atoms with Crippen LogP contribution in [0.3, 0.4) is 0 Å². The van der Waals surface area contributed by atoms with Gasteiger partial charge in [0.2, 0.25) is 0 Å². The van der Waals surface area contributed by atoms with E-state index in [1.807, 2.05) is 31.2 Å². The van der Waals surface area contributed by atoms with Crippen LogP contribution in [-0.4, -0.2) is 30.5 Å². The smallest absolute Gasteiger partial charge is 0.251 e. The van der Waals surface area contributed by atoms with Gasteiger partial charge < -0.3 is 16.0 Å². The van der Waals surface area contributed by atoms with Crippen LogP contribution in [0.25, 0.3) is 0 Å². The summed E-state index contributed by atoms with van der Waals surface area (Å²) in [6.07, 6.45) is 7.38. The van der Waals surface area contributed by atoms with Crippen LogP contribution < -0.4 is 16.0 Å². The van der Waals surface area contributed by atoms with E-state index in [2.05, 4.69) is 46.9 Å². The molecule has 1 amide bonds. The summed E-state index contributed by atoms with van der Waals surface area (Å²) in [5.74, 6) is 0.799. The van der Waals surface area contributed by atoms with Gasteiger partial charge in [0.25, 0.3) is 5.91 Å². The van der Waals surface area contributed by atoms with E-state index in [9.17, 15) is 4.79 Å². The molecule has 1 aromatic carbocycles. The number of guanidine groups is 1. The lowest BCUT2D eigenvalue weighted by Crippen LogP contribution is -2.42. The zero-order valence-electron chi connectivity index (χ0n) is 15.9. The highest BCUT2D eigenvalue weighted by molar-refractivity contribution is 14.0. The van der Waals surface area contributed by atoms with Crippen LogP contribution in [-0.2, 0) is 6.54 Å². The van der Waals surface area contributed by atoms with Crippen molar-refractivity contribution in [3.63, 3.8) is 0 Å². The summed E-state index contributed by atoms with van der Waals surface area (Å²) in [6.45, 7) is 7.50. The first-order chi connectivity index (χ1) is 12.1. The molecule has 1 aliphatic carbocycles. The second-order valence-corrected chi connectivity index (χ2v) is 6.46. The van der Waals surface area contributed by atoms with Crippen LogP contribution in [0.5, 0.6) is 0 Å². The van der Waals surface area contributed by atoms with Crippen molar-refractivity contribution in [3.05, 3.63) is 47.5 Å². The minimum atomic E-state index is -0.0257. The Hall–Kier alpha value is -1.57. The van der Waals surface area contributed by atoms with Crippen molar-refractivity contribution in [3.8, 4) is 0 Å². The first-order valence-corrected chi connectivity index (χ1v) is 9.22. The molecular weight excluding hydrogens is 439 g/mol. The molecule has 0 bridgehead atoms. The molecule has 26 heavy (non-hydrogen) atoms. The van der Waals surface area contributed by atoms with E-state index in [0.29, 0.717) is 18.2 Å². The number of amides is 1. The monoisotopic (exact) mass is 470 g/mol. The molecule has 2 rings (SSSR count). The molecule has 0 saturated heterocycles. The van der Waals surface area contributed by atoms with Crippen molar-refractivity contribution >= 4 is 35.8 Å². The van der Waals surface area contributed by atoms with Gasteiger partial charge in [-0.3, -0.25) is 4.79 Å². The van der Waals surface area contributed by atoms with E-state index >= 15 is 0 Å². The number of nitrogens with zero attached hydrogens (tertiary/aromatic N) is 1. The Bertz CT molecular complexity index is 622. The van der Waals surface area contributed by atoms with E-state index in [1.165, 1.54) is 0 Å². The maximum absolute atomic E-state index is 12.3. The van der Waals surface area contributed by atoms with Gasteiger partial charge in [-0.05, 0) is 50.8 Å². The maximum atomic E-state index is 12.3. The molecule has 3 N–H and O–H groups in total. The zero-order chi connectivity index (χ0) is 18.1. The third kappa shape index (κ3) is 7.35. The average Bonchev–Trinajstić information content (AvgIpc) is 3.13. The van der Waals surface area contributed by atoms with E-state index in [1.54, 1.807) is 0 Å². The Morgan fingerprint density at radius 1 is 1.27 bits per heavy atom. The van der Waals surface area contributed by atoms with Gasteiger partial charge in [-0.15, -0.1) is 24.0 Å². The fraction of sp³-hybridized carbons (Fsp3) is 0.500. The predicted octanol–water partition coefficient (Wildman–Crippen LogP) is 3.61. The van der Waals surface area contributed by atoms with Gasteiger partial charge in [0.15, 0.2) is 5.96 Å². The van der Waals surface area contributed by atoms with E-state index < -0.39 is 0 Å². The van der Waals surface area contributed by atoms with Crippen LogP contribution in [0.4, 0.5) is 0 Å². The van der Waals surface area contributed by atoms with Gasteiger partial charge in [0.1, 0.15) is 0 Å². The van der Waals surface area contributed by atoms with Crippen LogP contribution >= 0.6 is 24.0 Å². The van der Waals surface area contributed by atoms with Crippen molar-refractivity contribution in [2.75, 3.05) is 6.54 Å². The molecule has 1 aromatic rings. The number of hydrogen-bond acceptors (Lipinski definition) is 2. The van der Waals surface area contributed by atoms with E-state index in [4.69, 9.17) is 0 Å². The third-order valence-corrected chi connectivity index (χ3v) is 4.29. The lowest BCUT2D eigenvalue weighted by Gasteiger charge is -2.16. The maximum Gasteiger partial charge on any atom is 0.251 e. The molecule has 1 unspecified atom stereocenters. The summed E-state index contributed by atoms with van der Waals surface area (Å²) in [5.41, 5.74) is 1.71. The summed E-state index contributed by atoms with van der Waals surface area (Å²) in [6, 6.07) is 8.28. The normalized spacial score (nSPS) is 15.3. The van der Waals surface area contributed by atoms with Crippen molar-refractivity contribution in [2.45, 2.75) is 58.7 Å². The van der Waals surface area contributed by atoms with Crippen LogP contribution in [0.1, 0.15) is 56.0 Å². The van der Waals surface area contributed by atoms with Crippen molar-refractivity contribution in [2.24, 2.45) is 4.99 Å². The minimum Gasteiger partial charge on any atom is -0.357 e. The number of rotatable bonds is 7. The zero-order valence-corrected chi connectivity index (χ0v) is 18.2. The summed E-state index contributed by atoms with van der Waals surface area (Å²) in [4.78, 5) is 16.9. The fourth-order valence-corrected chi connectivity index (χ4v) is 2.64. The SMILES string of the molecule is CCNC(=NCc1cccc(C(=O)NC(C)CC)c1)NC1CC=CC1.I. The second kappa shape index (κ2) is 11.9. The van der Waals surface area contributed by atoms with E-state index in [0.717, 1.165) is 37.3 Å². The highest BCUT2D eigenvalue weighted by Gasteiger charge is 2.12. The third-order valence-electron chi connectivity index (χ3n) is 4.29. The molecule has 0 radical (unpaired) electrons. The summed E-state index contributed by atoms with van der Waals surface area (Å²) < 4.78 is 0. The Balaban J connectivity index is 0.00000338. The Kier molecular flexibility index (Phi) is 10.3. The van der Waals surface area contributed by atoms with Crippen LogP contribution in [0.15, 0.2) is 41.4 Å². The Morgan fingerprint density at radius 3 is 2.65 bits per heavy atom. The number of nitrogens with one attached hydrogen (secondary N) is 3. The van der Waals surface area contributed by atoms with Crippen LogP contribution in [0.2, 0.25) is 0 Å². The second-order valence-electron chi connectivity index (χ2n) is 6.46. The van der Waals surface area contributed by atoms with Gasteiger partial charge >= 0.3 is 0 Å². The van der Waals surface area contributed by atoms with Crippen molar-refractivity contribution in [1.29, 1.82) is 0 Å². The molecule has 1 aliphatic rings. The van der Waals surface area contributed by atoms with Crippen molar-refractivity contribution in [1.82, 2.24) is 16.0 Å². The van der Waals surface area contributed by atoms with Crippen molar-refractivity contribution < 1.29 is 4.79 Å². The number of carbonyl (C=O) groups excluding carboxylic acids is 1. The highest BCUT2D eigenvalue weighted by Crippen LogP contribution is 2.10. The highest BCUT2D eigenvalue weighted by atomic mass is 127. The number of aliphatic imine (C=N–C) groups is 1. The molecule has 144 valence electrons. The summed E-state index contributed by atoms with van der Waals surface area (Å²) >= 11 is 0. The molecule has 6 heteroatoms. The molecule has 0 spiro atoms. The molecular formula is C20H31IN4O. The minimum absolute atomic E-state index is 0. The topological polar surface area (TPSA) is 65.5 Å². The molecule has 0 aromatic heterocycles. The summed E-state index contributed by atoms with van der Waals surface area (Å²) in [7, 11) is 0. The first-order valence-electron chi connectivity index (χ1n) is 9.22. The van der Waals surface area contributed by atoms with Gasteiger partial charge in [-0.2, -0.15) is 0 Å². The molecule has 0 saturated carbocycles. The first kappa shape index (κ1) is 22.5. The molecule has 0 heterocycles. The molecule has 0 fully saturated rings. The molecule has 0 aliphatic heterocycles. The number of carbonyl (C=O) groups is 1. The largest absolute Gasteiger partial charge is 0.357 e. The van der Waals surface area contributed by atoms with Crippen LogP contribution in [0, 0.1) is 0 Å². The Morgan fingerprint density at radius 2 is 2.00 bits per heavy atom.